The van der Waals surface area contributed by atoms with Crippen molar-refractivity contribution in [2.24, 2.45) is 0 Å². The quantitative estimate of drug-likeness (QED) is 0.210. The molecule has 9 nitrogen and oxygen atoms in total. The second-order valence-corrected chi connectivity index (χ2v) is 12.4. The highest BCUT2D eigenvalue weighted by molar-refractivity contribution is 9.10. The van der Waals surface area contributed by atoms with Crippen LogP contribution in [0.1, 0.15) is 16.8 Å². The van der Waals surface area contributed by atoms with Gasteiger partial charge in [-0.3, -0.25) is 19.4 Å². The van der Waals surface area contributed by atoms with Crippen LogP contribution >= 0.6 is 15.9 Å². The number of pyridine rings is 1. The first kappa shape index (κ1) is 29.6. The molecular weight excluding hydrogens is 618 g/mol. The predicted octanol–water partition coefficient (Wildman–Crippen LogP) is 5.38. The molecule has 0 atom stereocenters. The molecule has 0 aliphatic carbocycles. The molecule has 1 aromatic heterocycles. The molecule has 0 radical (unpaired) electrons. The zero-order valence-electron chi connectivity index (χ0n) is 22.9. The molecule has 0 spiro atoms. The molecule has 1 fully saturated rings. The maximum Gasteiger partial charge on any atom is 0.262 e. The van der Waals surface area contributed by atoms with Gasteiger partial charge in [-0.15, -0.1) is 0 Å². The number of aromatic nitrogens is 1. The van der Waals surface area contributed by atoms with Gasteiger partial charge in [0.15, 0.2) is 5.75 Å². The average Bonchev–Trinajstić information content (AvgIpc) is 3.02. The van der Waals surface area contributed by atoms with Crippen molar-refractivity contribution in [2.45, 2.75) is 11.3 Å². The SMILES string of the molecule is O=C(NCCCN1CCN(c2ccncc2)CC1)c1ccc(S(=O)(=O)Nc2ccccc2Oc2ccc(Br)cc2)cc1. The summed E-state index contributed by atoms with van der Waals surface area (Å²) in [6.07, 6.45) is 4.46. The van der Waals surface area contributed by atoms with Crippen molar-refractivity contribution in [1.29, 1.82) is 0 Å². The molecule has 2 heterocycles. The van der Waals surface area contributed by atoms with Gasteiger partial charge < -0.3 is 15.0 Å². The molecule has 4 aromatic rings. The molecule has 1 amide bonds. The normalized spacial score (nSPS) is 13.9. The number of amides is 1. The Balaban J connectivity index is 1.09. The second-order valence-electron chi connectivity index (χ2n) is 9.83. The minimum atomic E-state index is -3.91. The first-order valence-electron chi connectivity index (χ1n) is 13.7. The lowest BCUT2D eigenvalue weighted by molar-refractivity contribution is 0.0951. The van der Waals surface area contributed by atoms with Crippen molar-refractivity contribution in [3.63, 3.8) is 0 Å². The summed E-state index contributed by atoms with van der Waals surface area (Å²) in [4.78, 5) is 21.6. The monoisotopic (exact) mass is 649 g/mol. The highest BCUT2D eigenvalue weighted by Gasteiger charge is 2.19. The van der Waals surface area contributed by atoms with Crippen molar-refractivity contribution >= 4 is 43.2 Å². The lowest BCUT2D eigenvalue weighted by Crippen LogP contribution is -2.47. The van der Waals surface area contributed by atoms with E-state index in [1.54, 1.807) is 36.4 Å². The van der Waals surface area contributed by atoms with Gasteiger partial charge >= 0.3 is 0 Å². The summed E-state index contributed by atoms with van der Waals surface area (Å²) in [6.45, 7) is 5.32. The van der Waals surface area contributed by atoms with Gasteiger partial charge in [0.05, 0.1) is 10.6 Å². The first-order valence-corrected chi connectivity index (χ1v) is 16.0. The van der Waals surface area contributed by atoms with E-state index in [9.17, 15) is 13.2 Å². The van der Waals surface area contributed by atoms with E-state index in [1.807, 2.05) is 36.7 Å². The number of nitrogens with one attached hydrogen (secondary N) is 2. The molecule has 1 aliphatic rings. The minimum absolute atomic E-state index is 0.0448. The van der Waals surface area contributed by atoms with E-state index >= 15 is 0 Å². The number of sulfonamides is 1. The lowest BCUT2D eigenvalue weighted by Gasteiger charge is -2.36. The maximum atomic E-state index is 13.1. The van der Waals surface area contributed by atoms with Crippen LogP contribution in [0, 0.1) is 0 Å². The van der Waals surface area contributed by atoms with Gasteiger partial charge in [0, 0.05) is 60.8 Å². The van der Waals surface area contributed by atoms with Gasteiger partial charge in [0.1, 0.15) is 5.75 Å². The van der Waals surface area contributed by atoms with Crippen LogP contribution in [0.2, 0.25) is 0 Å². The summed E-state index contributed by atoms with van der Waals surface area (Å²) < 4.78 is 35.6. The van der Waals surface area contributed by atoms with E-state index in [0.717, 1.165) is 43.6 Å². The van der Waals surface area contributed by atoms with Gasteiger partial charge in [-0.25, -0.2) is 8.42 Å². The number of piperazine rings is 1. The summed E-state index contributed by atoms with van der Waals surface area (Å²) in [6, 6.07) is 24.0. The average molecular weight is 651 g/mol. The lowest BCUT2D eigenvalue weighted by atomic mass is 10.2. The van der Waals surface area contributed by atoms with Crippen LogP contribution < -0.4 is 19.7 Å². The van der Waals surface area contributed by atoms with Gasteiger partial charge in [0.2, 0.25) is 0 Å². The van der Waals surface area contributed by atoms with Gasteiger partial charge in [-0.2, -0.15) is 0 Å². The molecule has 3 aromatic carbocycles. The van der Waals surface area contributed by atoms with Crippen LogP contribution in [-0.2, 0) is 10.0 Å². The summed E-state index contributed by atoms with van der Waals surface area (Å²) in [5.41, 5.74) is 1.90. The van der Waals surface area contributed by atoms with E-state index in [1.165, 1.54) is 30.0 Å². The highest BCUT2D eigenvalue weighted by Crippen LogP contribution is 2.31. The van der Waals surface area contributed by atoms with Crippen molar-refractivity contribution in [2.75, 3.05) is 48.9 Å². The smallest absolute Gasteiger partial charge is 0.262 e. The minimum Gasteiger partial charge on any atom is -0.455 e. The Hall–Kier alpha value is -3.93. The van der Waals surface area contributed by atoms with Gasteiger partial charge in [0.25, 0.3) is 15.9 Å². The molecule has 2 N–H and O–H groups in total. The van der Waals surface area contributed by atoms with Crippen LogP contribution in [0.5, 0.6) is 11.5 Å². The number of carbonyl (C=O) groups is 1. The number of carbonyl (C=O) groups excluding carboxylic acids is 1. The van der Waals surface area contributed by atoms with Crippen molar-refractivity contribution in [3.05, 3.63) is 107 Å². The number of hydrogen-bond donors (Lipinski definition) is 2. The number of rotatable bonds is 11. The molecule has 218 valence electrons. The fourth-order valence-electron chi connectivity index (χ4n) is 4.65. The third-order valence-corrected chi connectivity index (χ3v) is 8.85. The van der Waals surface area contributed by atoms with Gasteiger partial charge in [-0.05, 0) is 85.8 Å². The van der Waals surface area contributed by atoms with Crippen LogP contribution in [-0.4, -0.2) is 63.5 Å². The molecule has 5 rings (SSSR count). The Bertz CT molecular complexity index is 1580. The van der Waals surface area contributed by atoms with Gasteiger partial charge in [-0.1, -0.05) is 28.1 Å². The number of benzene rings is 3. The highest BCUT2D eigenvalue weighted by atomic mass is 79.9. The molecule has 0 bridgehead atoms. The van der Waals surface area contributed by atoms with Crippen molar-refractivity contribution in [1.82, 2.24) is 15.2 Å². The maximum absolute atomic E-state index is 13.1. The number of anilines is 2. The van der Waals surface area contributed by atoms with E-state index < -0.39 is 10.0 Å². The van der Waals surface area contributed by atoms with Crippen LogP contribution in [0.15, 0.2) is 107 Å². The van der Waals surface area contributed by atoms with E-state index in [4.69, 9.17) is 4.74 Å². The molecule has 1 saturated heterocycles. The van der Waals surface area contributed by atoms with Crippen LogP contribution in [0.4, 0.5) is 11.4 Å². The summed E-state index contributed by atoms with van der Waals surface area (Å²) >= 11 is 3.39. The number of hydrogen-bond acceptors (Lipinski definition) is 7. The molecule has 42 heavy (non-hydrogen) atoms. The number of ether oxygens (including phenoxy) is 1. The van der Waals surface area contributed by atoms with E-state index in [0.29, 0.717) is 29.3 Å². The summed E-state index contributed by atoms with van der Waals surface area (Å²) in [7, 11) is -3.91. The van der Waals surface area contributed by atoms with Crippen LogP contribution in [0.25, 0.3) is 0 Å². The predicted molar refractivity (Wildman–Crippen MR) is 168 cm³/mol. The second kappa shape index (κ2) is 13.8. The first-order chi connectivity index (χ1) is 20.4. The number of para-hydroxylation sites is 2. The molecule has 1 aliphatic heterocycles. The molecule has 0 saturated carbocycles. The Kier molecular flexibility index (Phi) is 9.73. The Morgan fingerprint density at radius 3 is 2.29 bits per heavy atom. The fraction of sp³-hybridized carbons (Fsp3) is 0.226. The van der Waals surface area contributed by atoms with Crippen molar-refractivity contribution < 1.29 is 17.9 Å². The van der Waals surface area contributed by atoms with Crippen LogP contribution in [0.3, 0.4) is 0 Å². The zero-order valence-corrected chi connectivity index (χ0v) is 25.4. The third kappa shape index (κ3) is 7.87. The summed E-state index contributed by atoms with van der Waals surface area (Å²) in [5.74, 6) is 0.710. The third-order valence-electron chi connectivity index (χ3n) is 6.94. The fourth-order valence-corrected chi connectivity index (χ4v) is 5.98. The number of nitrogens with zero attached hydrogens (tertiary/aromatic N) is 3. The Labute approximate surface area is 254 Å². The molecule has 11 heteroatoms. The topological polar surface area (TPSA) is 104 Å². The molecule has 0 unspecified atom stereocenters. The van der Waals surface area contributed by atoms with Crippen molar-refractivity contribution in [3.8, 4) is 11.5 Å². The number of halogens is 1. The largest absolute Gasteiger partial charge is 0.455 e. The Morgan fingerprint density at radius 2 is 1.57 bits per heavy atom. The summed E-state index contributed by atoms with van der Waals surface area (Å²) in [5, 5.41) is 2.94. The molecular formula is C31H32BrN5O4S. The van der Waals surface area contributed by atoms with E-state index in [-0.39, 0.29) is 10.8 Å². The zero-order chi connectivity index (χ0) is 29.4. The standard InChI is InChI=1S/C31H32BrN5O4S/c32-25-8-10-27(11-9-25)41-30-5-2-1-4-29(30)35-42(39,40)28-12-6-24(7-13-28)31(38)34-16-3-19-36-20-22-37(23-21-36)26-14-17-33-18-15-26/h1-2,4-15,17-18,35H,3,16,19-23H2,(H,34,38). The van der Waals surface area contributed by atoms with E-state index in [2.05, 4.69) is 40.8 Å². The Morgan fingerprint density at radius 1 is 0.881 bits per heavy atom.